The van der Waals surface area contributed by atoms with Crippen LogP contribution in [0.25, 0.3) is 0 Å². The van der Waals surface area contributed by atoms with Crippen molar-refractivity contribution >= 4 is 0 Å². The van der Waals surface area contributed by atoms with E-state index < -0.39 is 0 Å². The average Bonchev–Trinajstić information content (AvgIpc) is 2.46. The Balaban J connectivity index is 1.97. The molecule has 0 saturated heterocycles. The third-order valence-corrected chi connectivity index (χ3v) is 2.76. The minimum absolute atomic E-state index is 0.242. The molecule has 0 radical (unpaired) electrons. The van der Waals surface area contributed by atoms with Gasteiger partial charge in [-0.3, -0.25) is 4.98 Å². The molecule has 0 aliphatic rings. The monoisotopic (exact) mass is 238 g/mol. The predicted molar refractivity (Wildman–Crippen MR) is 68.4 cm³/mol. The SMILES string of the molecule is CC(NCc1ccnc(C#N)c1)c1ccncc1. The summed E-state index contributed by atoms with van der Waals surface area (Å²) >= 11 is 0. The van der Waals surface area contributed by atoms with E-state index in [1.165, 1.54) is 5.56 Å². The van der Waals surface area contributed by atoms with Crippen LogP contribution in [-0.2, 0) is 6.54 Å². The molecule has 1 N–H and O–H groups in total. The maximum Gasteiger partial charge on any atom is 0.140 e. The molecule has 0 bridgehead atoms. The summed E-state index contributed by atoms with van der Waals surface area (Å²) in [6, 6.07) is 9.97. The molecule has 4 nitrogen and oxygen atoms in total. The van der Waals surface area contributed by atoms with Crippen molar-refractivity contribution in [1.82, 2.24) is 15.3 Å². The lowest BCUT2D eigenvalue weighted by molar-refractivity contribution is 0.574. The van der Waals surface area contributed by atoms with E-state index in [1.807, 2.05) is 24.3 Å². The highest BCUT2D eigenvalue weighted by molar-refractivity contribution is 5.25. The first-order valence-electron chi connectivity index (χ1n) is 5.78. The van der Waals surface area contributed by atoms with Crippen LogP contribution in [0, 0.1) is 11.3 Å². The highest BCUT2D eigenvalue weighted by atomic mass is 14.9. The maximum absolute atomic E-state index is 8.78. The van der Waals surface area contributed by atoms with Gasteiger partial charge in [0, 0.05) is 31.2 Å². The van der Waals surface area contributed by atoms with Crippen molar-refractivity contribution in [2.75, 3.05) is 0 Å². The van der Waals surface area contributed by atoms with Crippen molar-refractivity contribution < 1.29 is 0 Å². The zero-order valence-electron chi connectivity index (χ0n) is 10.2. The van der Waals surface area contributed by atoms with Crippen LogP contribution >= 0.6 is 0 Å². The van der Waals surface area contributed by atoms with E-state index in [0.29, 0.717) is 12.2 Å². The first-order valence-corrected chi connectivity index (χ1v) is 5.78. The summed E-state index contributed by atoms with van der Waals surface area (Å²) in [7, 11) is 0. The lowest BCUT2D eigenvalue weighted by Gasteiger charge is -2.13. The molecule has 1 unspecified atom stereocenters. The van der Waals surface area contributed by atoms with Crippen LogP contribution in [-0.4, -0.2) is 9.97 Å². The Morgan fingerprint density at radius 2 is 2.06 bits per heavy atom. The number of nitrogens with one attached hydrogen (secondary N) is 1. The van der Waals surface area contributed by atoms with Gasteiger partial charge in [0.25, 0.3) is 0 Å². The Labute approximate surface area is 106 Å². The molecule has 0 spiro atoms. The normalized spacial score (nSPS) is 11.8. The fraction of sp³-hybridized carbons (Fsp3) is 0.214. The number of nitrogens with zero attached hydrogens (tertiary/aromatic N) is 3. The van der Waals surface area contributed by atoms with Gasteiger partial charge in [0.05, 0.1) is 0 Å². The molecule has 0 fully saturated rings. The third kappa shape index (κ3) is 3.12. The van der Waals surface area contributed by atoms with Gasteiger partial charge in [0.15, 0.2) is 0 Å². The minimum Gasteiger partial charge on any atom is -0.306 e. The maximum atomic E-state index is 8.78. The molecular weight excluding hydrogens is 224 g/mol. The third-order valence-electron chi connectivity index (χ3n) is 2.76. The molecule has 2 aromatic heterocycles. The molecule has 2 rings (SSSR count). The Kier molecular flexibility index (Phi) is 4.00. The van der Waals surface area contributed by atoms with E-state index in [-0.39, 0.29) is 6.04 Å². The van der Waals surface area contributed by atoms with E-state index in [4.69, 9.17) is 5.26 Å². The molecule has 0 amide bonds. The van der Waals surface area contributed by atoms with Gasteiger partial charge < -0.3 is 5.32 Å². The Bertz CT molecular complexity index is 545. The average molecular weight is 238 g/mol. The minimum atomic E-state index is 0.242. The molecule has 0 aromatic carbocycles. The molecule has 0 aliphatic carbocycles. The smallest absolute Gasteiger partial charge is 0.140 e. The molecule has 1 atom stereocenters. The van der Waals surface area contributed by atoms with Gasteiger partial charge in [-0.05, 0) is 42.3 Å². The molecule has 2 aromatic rings. The highest BCUT2D eigenvalue weighted by Gasteiger charge is 2.04. The van der Waals surface area contributed by atoms with Gasteiger partial charge >= 0.3 is 0 Å². The Hall–Kier alpha value is -2.25. The van der Waals surface area contributed by atoms with Crippen LogP contribution < -0.4 is 5.32 Å². The first-order chi connectivity index (χ1) is 8.79. The summed E-state index contributed by atoms with van der Waals surface area (Å²) < 4.78 is 0. The summed E-state index contributed by atoms with van der Waals surface area (Å²) in [5.74, 6) is 0. The summed E-state index contributed by atoms with van der Waals surface area (Å²) in [6.45, 7) is 2.81. The van der Waals surface area contributed by atoms with Crippen molar-refractivity contribution in [1.29, 1.82) is 5.26 Å². The molecule has 4 heteroatoms. The predicted octanol–water partition coefficient (Wildman–Crippen LogP) is 2.20. The van der Waals surface area contributed by atoms with E-state index in [9.17, 15) is 0 Å². The molecule has 2 heterocycles. The number of nitriles is 1. The van der Waals surface area contributed by atoms with Gasteiger partial charge in [0.2, 0.25) is 0 Å². The number of rotatable bonds is 4. The highest BCUT2D eigenvalue weighted by Crippen LogP contribution is 2.11. The zero-order valence-corrected chi connectivity index (χ0v) is 10.2. The van der Waals surface area contributed by atoms with Crippen LogP contribution in [0.2, 0.25) is 0 Å². The van der Waals surface area contributed by atoms with Crippen LogP contribution in [0.1, 0.15) is 29.8 Å². The second kappa shape index (κ2) is 5.89. The number of aromatic nitrogens is 2. The molecule has 0 saturated carbocycles. The van der Waals surface area contributed by atoms with Crippen molar-refractivity contribution in [2.45, 2.75) is 19.5 Å². The quantitative estimate of drug-likeness (QED) is 0.887. The van der Waals surface area contributed by atoms with Gasteiger partial charge in [-0.1, -0.05) is 0 Å². The summed E-state index contributed by atoms with van der Waals surface area (Å²) in [4.78, 5) is 7.94. The Morgan fingerprint density at radius 3 is 2.78 bits per heavy atom. The van der Waals surface area contributed by atoms with Crippen molar-refractivity contribution in [3.05, 3.63) is 59.7 Å². The summed E-state index contributed by atoms with van der Waals surface area (Å²) in [5, 5.41) is 12.2. The Morgan fingerprint density at radius 1 is 1.28 bits per heavy atom. The van der Waals surface area contributed by atoms with E-state index >= 15 is 0 Å². The molecule has 90 valence electrons. The lowest BCUT2D eigenvalue weighted by Crippen LogP contribution is -2.18. The number of hydrogen-bond donors (Lipinski definition) is 1. The van der Waals surface area contributed by atoms with E-state index in [1.54, 1.807) is 24.7 Å². The van der Waals surface area contributed by atoms with Gasteiger partial charge in [-0.25, -0.2) is 4.98 Å². The second-order valence-electron chi connectivity index (χ2n) is 4.04. The van der Waals surface area contributed by atoms with Crippen LogP contribution in [0.15, 0.2) is 42.9 Å². The number of pyridine rings is 2. The van der Waals surface area contributed by atoms with Crippen LogP contribution in [0.3, 0.4) is 0 Å². The fourth-order valence-corrected chi connectivity index (χ4v) is 1.69. The van der Waals surface area contributed by atoms with E-state index in [2.05, 4.69) is 22.2 Å². The second-order valence-corrected chi connectivity index (χ2v) is 4.04. The van der Waals surface area contributed by atoms with Gasteiger partial charge in [0.1, 0.15) is 11.8 Å². The summed E-state index contributed by atoms with van der Waals surface area (Å²) in [5.41, 5.74) is 2.70. The molecule has 18 heavy (non-hydrogen) atoms. The van der Waals surface area contributed by atoms with Gasteiger partial charge in [-0.2, -0.15) is 5.26 Å². The standard InChI is InChI=1S/C14H14N4/c1-11(13-3-5-16-6-4-13)18-10-12-2-7-17-14(8-12)9-15/h2-8,11,18H,10H2,1H3. The fourth-order valence-electron chi connectivity index (χ4n) is 1.69. The van der Waals surface area contributed by atoms with Crippen molar-refractivity contribution in [3.8, 4) is 6.07 Å². The largest absolute Gasteiger partial charge is 0.306 e. The topological polar surface area (TPSA) is 61.6 Å². The number of hydrogen-bond acceptors (Lipinski definition) is 4. The van der Waals surface area contributed by atoms with Crippen molar-refractivity contribution in [3.63, 3.8) is 0 Å². The lowest BCUT2D eigenvalue weighted by atomic mass is 10.1. The van der Waals surface area contributed by atoms with Crippen molar-refractivity contribution in [2.24, 2.45) is 0 Å². The van der Waals surface area contributed by atoms with Crippen LogP contribution in [0.5, 0.6) is 0 Å². The van der Waals surface area contributed by atoms with Crippen LogP contribution in [0.4, 0.5) is 0 Å². The molecular formula is C14H14N4. The van der Waals surface area contributed by atoms with E-state index in [0.717, 1.165) is 5.56 Å². The summed E-state index contributed by atoms with van der Waals surface area (Å²) in [6.07, 6.45) is 5.23. The first kappa shape index (κ1) is 12.2. The molecule has 0 aliphatic heterocycles. The zero-order chi connectivity index (χ0) is 12.8. The van der Waals surface area contributed by atoms with Gasteiger partial charge in [-0.15, -0.1) is 0 Å².